The summed E-state index contributed by atoms with van der Waals surface area (Å²) in [6.07, 6.45) is -0.537. The van der Waals surface area contributed by atoms with E-state index in [2.05, 4.69) is 0 Å². The smallest absolute Gasteiger partial charge is 0.231 e. The van der Waals surface area contributed by atoms with Crippen LogP contribution in [0, 0.1) is 0 Å². The standard InChI is InChI=1S/C11H14O4/c1-7(12)8-3-4-10-11(15-6-14-10)9(8)5-13-2/h3-4,7,12H,5-6H2,1-2H3. The van der Waals surface area contributed by atoms with Crippen LogP contribution in [0.4, 0.5) is 0 Å². The van der Waals surface area contributed by atoms with Crippen LogP contribution < -0.4 is 9.47 Å². The van der Waals surface area contributed by atoms with Gasteiger partial charge in [0.15, 0.2) is 11.5 Å². The van der Waals surface area contributed by atoms with Gasteiger partial charge < -0.3 is 19.3 Å². The number of rotatable bonds is 3. The zero-order valence-corrected chi connectivity index (χ0v) is 8.82. The van der Waals surface area contributed by atoms with Crippen molar-refractivity contribution in [1.29, 1.82) is 0 Å². The molecule has 0 radical (unpaired) electrons. The zero-order chi connectivity index (χ0) is 10.8. The SMILES string of the molecule is COCc1c(C(C)O)ccc2c1OCO2. The first-order chi connectivity index (χ1) is 7.24. The Morgan fingerprint density at radius 2 is 2.27 bits per heavy atom. The van der Waals surface area contributed by atoms with Gasteiger partial charge in [0.1, 0.15) is 0 Å². The molecule has 2 rings (SSSR count). The number of aliphatic hydroxyl groups is 1. The molecule has 15 heavy (non-hydrogen) atoms. The van der Waals surface area contributed by atoms with Crippen LogP contribution in [0.5, 0.6) is 11.5 Å². The van der Waals surface area contributed by atoms with Crippen molar-refractivity contribution in [1.82, 2.24) is 0 Å². The maximum Gasteiger partial charge on any atom is 0.231 e. The summed E-state index contributed by atoms with van der Waals surface area (Å²) in [4.78, 5) is 0. The van der Waals surface area contributed by atoms with Crippen molar-refractivity contribution in [3.63, 3.8) is 0 Å². The molecule has 4 nitrogen and oxygen atoms in total. The molecule has 0 fully saturated rings. The first kappa shape index (κ1) is 10.3. The van der Waals surface area contributed by atoms with Crippen LogP contribution in [0.2, 0.25) is 0 Å². The lowest BCUT2D eigenvalue weighted by atomic mass is 10.0. The summed E-state index contributed by atoms with van der Waals surface area (Å²) in [6.45, 7) is 2.36. The topological polar surface area (TPSA) is 47.9 Å². The van der Waals surface area contributed by atoms with Crippen LogP contribution in [0.15, 0.2) is 12.1 Å². The van der Waals surface area contributed by atoms with E-state index in [1.807, 2.05) is 12.1 Å². The van der Waals surface area contributed by atoms with Crippen molar-refractivity contribution in [2.24, 2.45) is 0 Å². The van der Waals surface area contributed by atoms with Crippen LogP contribution in [0.3, 0.4) is 0 Å². The minimum absolute atomic E-state index is 0.231. The summed E-state index contributed by atoms with van der Waals surface area (Å²) in [5.41, 5.74) is 1.68. The van der Waals surface area contributed by atoms with E-state index in [4.69, 9.17) is 14.2 Å². The fourth-order valence-corrected chi connectivity index (χ4v) is 1.73. The number of benzene rings is 1. The van der Waals surface area contributed by atoms with Gasteiger partial charge in [0.05, 0.1) is 12.7 Å². The monoisotopic (exact) mass is 210 g/mol. The van der Waals surface area contributed by atoms with Crippen molar-refractivity contribution in [2.75, 3.05) is 13.9 Å². The minimum Gasteiger partial charge on any atom is -0.454 e. The lowest BCUT2D eigenvalue weighted by molar-refractivity contribution is 0.157. The summed E-state index contributed by atoms with van der Waals surface area (Å²) in [7, 11) is 1.61. The number of hydrogen-bond donors (Lipinski definition) is 1. The van der Waals surface area contributed by atoms with E-state index < -0.39 is 6.10 Å². The average Bonchev–Trinajstić information content (AvgIpc) is 2.66. The molecule has 1 unspecified atom stereocenters. The van der Waals surface area contributed by atoms with Gasteiger partial charge in [-0.05, 0) is 18.6 Å². The van der Waals surface area contributed by atoms with E-state index in [-0.39, 0.29) is 6.79 Å². The Morgan fingerprint density at radius 1 is 1.47 bits per heavy atom. The molecule has 0 aromatic heterocycles. The van der Waals surface area contributed by atoms with Gasteiger partial charge in [-0.1, -0.05) is 6.07 Å². The highest BCUT2D eigenvalue weighted by Crippen LogP contribution is 2.39. The van der Waals surface area contributed by atoms with E-state index in [1.165, 1.54) is 0 Å². The molecule has 1 N–H and O–H groups in total. The number of fused-ring (bicyclic) bond motifs is 1. The first-order valence-corrected chi connectivity index (χ1v) is 4.82. The summed E-state index contributed by atoms with van der Waals surface area (Å²) in [5.74, 6) is 1.40. The van der Waals surface area contributed by atoms with E-state index in [0.717, 1.165) is 11.1 Å². The lowest BCUT2D eigenvalue weighted by Crippen LogP contribution is -2.01. The van der Waals surface area contributed by atoms with Gasteiger partial charge in [0, 0.05) is 12.7 Å². The molecule has 1 aromatic carbocycles. The Hall–Kier alpha value is -1.26. The Morgan fingerprint density at radius 3 is 2.93 bits per heavy atom. The second-order valence-corrected chi connectivity index (χ2v) is 3.48. The number of ether oxygens (including phenoxy) is 3. The van der Waals surface area contributed by atoms with Crippen molar-refractivity contribution < 1.29 is 19.3 Å². The second kappa shape index (κ2) is 4.08. The maximum absolute atomic E-state index is 9.61. The summed E-state index contributed by atoms with van der Waals surface area (Å²) < 4.78 is 15.7. The Labute approximate surface area is 88.4 Å². The number of methoxy groups -OCH3 is 1. The quantitative estimate of drug-likeness (QED) is 0.823. The third-order valence-electron chi connectivity index (χ3n) is 2.42. The number of hydrogen-bond acceptors (Lipinski definition) is 4. The first-order valence-electron chi connectivity index (χ1n) is 4.82. The van der Waals surface area contributed by atoms with E-state index >= 15 is 0 Å². The molecule has 0 saturated heterocycles. The Bertz CT molecular complexity index is 360. The predicted octanol–water partition coefficient (Wildman–Crippen LogP) is 1.61. The summed E-state index contributed by atoms with van der Waals surface area (Å²) in [6, 6.07) is 3.65. The fraction of sp³-hybridized carbons (Fsp3) is 0.455. The Balaban J connectivity index is 2.48. The van der Waals surface area contributed by atoms with E-state index in [0.29, 0.717) is 18.1 Å². The maximum atomic E-state index is 9.61. The van der Waals surface area contributed by atoms with Crippen LogP contribution >= 0.6 is 0 Å². The fourth-order valence-electron chi connectivity index (χ4n) is 1.73. The second-order valence-electron chi connectivity index (χ2n) is 3.48. The van der Waals surface area contributed by atoms with Gasteiger partial charge in [0.2, 0.25) is 6.79 Å². The van der Waals surface area contributed by atoms with Crippen LogP contribution in [0.25, 0.3) is 0 Å². The summed E-state index contributed by atoms with van der Waals surface area (Å²) >= 11 is 0. The lowest BCUT2D eigenvalue weighted by Gasteiger charge is -2.13. The molecule has 0 saturated carbocycles. The molecule has 1 heterocycles. The van der Waals surface area contributed by atoms with E-state index in [9.17, 15) is 5.11 Å². The van der Waals surface area contributed by atoms with Crippen molar-refractivity contribution in [3.05, 3.63) is 23.3 Å². The minimum atomic E-state index is -0.537. The van der Waals surface area contributed by atoms with Crippen LogP contribution in [0.1, 0.15) is 24.2 Å². The van der Waals surface area contributed by atoms with Gasteiger partial charge >= 0.3 is 0 Å². The molecule has 1 aliphatic heterocycles. The molecule has 4 heteroatoms. The molecule has 82 valence electrons. The van der Waals surface area contributed by atoms with Gasteiger partial charge in [0.25, 0.3) is 0 Å². The third kappa shape index (κ3) is 1.78. The van der Waals surface area contributed by atoms with Crippen LogP contribution in [-0.4, -0.2) is 19.0 Å². The molecular weight excluding hydrogens is 196 g/mol. The molecule has 1 aromatic rings. The van der Waals surface area contributed by atoms with Gasteiger partial charge in [-0.2, -0.15) is 0 Å². The summed E-state index contributed by atoms with van der Waals surface area (Å²) in [5, 5.41) is 9.61. The van der Waals surface area contributed by atoms with Crippen LogP contribution in [-0.2, 0) is 11.3 Å². The highest BCUT2D eigenvalue weighted by atomic mass is 16.7. The van der Waals surface area contributed by atoms with Gasteiger partial charge in [-0.3, -0.25) is 0 Å². The predicted molar refractivity (Wildman–Crippen MR) is 53.9 cm³/mol. The number of aliphatic hydroxyl groups excluding tert-OH is 1. The molecule has 1 atom stereocenters. The molecular formula is C11H14O4. The zero-order valence-electron chi connectivity index (χ0n) is 8.82. The average molecular weight is 210 g/mol. The van der Waals surface area contributed by atoms with Gasteiger partial charge in [-0.25, -0.2) is 0 Å². The molecule has 0 bridgehead atoms. The van der Waals surface area contributed by atoms with Crippen molar-refractivity contribution in [2.45, 2.75) is 19.6 Å². The molecule has 1 aliphatic rings. The largest absolute Gasteiger partial charge is 0.454 e. The highest BCUT2D eigenvalue weighted by molar-refractivity contribution is 5.52. The normalized spacial score (nSPS) is 15.4. The van der Waals surface area contributed by atoms with Crippen molar-refractivity contribution in [3.8, 4) is 11.5 Å². The Kier molecular flexibility index (Phi) is 2.79. The third-order valence-corrected chi connectivity index (χ3v) is 2.42. The van der Waals surface area contributed by atoms with Crippen molar-refractivity contribution >= 4 is 0 Å². The molecule has 0 amide bonds. The van der Waals surface area contributed by atoms with Gasteiger partial charge in [-0.15, -0.1) is 0 Å². The van der Waals surface area contributed by atoms with E-state index in [1.54, 1.807) is 14.0 Å². The highest BCUT2D eigenvalue weighted by Gasteiger charge is 2.22. The molecule has 0 aliphatic carbocycles. The molecule has 0 spiro atoms.